The van der Waals surface area contributed by atoms with Gasteiger partial charge in [0.15, 0.2) is 11.0 Å². The third-order valence-electron chi connectivity index (χ3n) is 5.97. The van der Waals surface area contributed by atoms with Crippen LogP contribution in [-0.2, 0) is 20.9 Å². The van der Waals surface area contributed by atoms with Crippen molar-refractivity contribution in [3.8, 4) is 16.9 Å². The van der Waals surface area contributed by atoms with Crippen molar-refractivity contribution in [2.45, 2.75) is 51.2 Å². The Labute approximate surface area is 190 Å². The second kappa shape index (κ2) is 9.09. The Morgan fingerprint density at radius 1 is 1.19 bits per heavy atom. The molecule has 5 rings (SSSR count). The summed E-state index contributed by atoms with van der Waals surface area (Å²) in [7, 11) is 1.55. The molecule has 1 amide bonds. The number of carbonyl (C=O) groups excluding carboxylic acids is 1. The highest BCUT2D eigenvalue weighted by Crippen LogP contribution is 2.42. The molecule has 0 saturated heterocycles. The average molecular weight is 455 g/mol. The largest absolute Gasteiger partial charge is 0.506 e. The summed E-state index contributed by atoms with van der Waals surface area (Å²) in [6.45, 7) is 0.541. The number of fused-ring (bicyclic) bond motifs is 1. The van der Waals surface area contributed by atoms with E-state index in [1.807, 2.05) is 6.07 Å². The van der Waals surface area contributed by atoms with Gasteiger partial charge in [-0.1, -0.05) is 24.2 Å². The number of amides is 1. The van der Waals surface area contributed by atoms with Crippen molar-refractivity contribution < 1.29 is 19.4 Å². The van der Waals surface area contributed by atoms with E-state index in [2.05, 4.69) is 15.0 Å². The van der Waals surface area contributed by atoms with Crippen molar-refractivity contribution in [1.29, 1.82) is 0 Å². The maximum Gasteiger partial charge on any atom is 0.233 e. The molecule has 2 saturated carbocycles. The van der Waals surface area contributed by atoms with Crippen LogP contribution in [0.15, 0.2) is 24.5 Å². The van der Waals surface area contributed by atoms with Crippen LogP contribution in [0.5, 0.6) is 5.75 Å². The molecule has 1 aromatic carbocycles. The van der Waals surface area contributed by atoms with E-state index in [9.17, 15) is 9.90 Å². The van der Waals surface area contributed by atoms with E-state index in [4.69, 9.17) is 9.47 Å². The quantitative estimate of drug-likeness (QED) is 0.508. The summed E-state index contributed by atoms with van der Waals surface area (Å²) in [4.78, 5) is 27.6. The lowest BCUT2D eigenvalue weighted by atomic mass is 10.1. The summed E-state index contributed by atoms with van der Waals surface area (Å²) in [6.07, 6.45) is 10.2. The number of phenols is 1. The third-order valence-corrected chi connectivity index (χ3v) is 7.07. The van der Waals surface area contributed by atoms with Gasteiger partial charge in [-0.25, -0.2) is 15.0 Å². The Bertz CT molecular complexity index is 1110. The second-order valence-electron chi connectivity index (χ2n) is 8.37. The van der Waals surface area contributed by atoms with E-state index in [1.165, 1.54) is 24.2 Å². The Kier molecular flexibility index (Phi) is 6.03. The smallest absolute Gasteiger partial charge is 0.233 e. The van der Waals surface area contributed by atoms with Gasteiger partial charge in [-0.3, -0.25) is 9.69 Å². The van der Waals surface area contributed by atoms with Crippen LogP contribution < -0.4 is 4.90 Å². The minimum atomic E-state index is 0.0226. The monoisotopic (exact) mass is 454 g/mol. The molecule has 0 unspecified atom stereocenters. The Balaban J connectivity index is 1.37. The number of thiazole rings is 1. The molecule has 0 radical (unpaired) electrons. The molecule has 1 N–H and O–H groups in total. The number of methoxy groups -OCH3 is 1. The van der Waals surface area contributed by atoms with Crippen LogP contribution in [0.25, 0.3) is 21.3 Å². The van der Waals surface area contributed by atoms with Gasteiger partial charge in [-0.05, 0) is 37.8 Å². The van der Waals surface area contributed by atoms with Gasteiger partial charge < -0.3 is 14.6 Å². The summed E-state index contributed by atoms with van der Waals surface area (Å²) in [6, 6.07) is 3.64. The van der Waals surface area contributed by atoms with E-state index in [0.717, 1.165) is 25.7 Å². The Hall–Kier alpha value is -2.62. The first-order valence-electron chi connectivity index (χ1n) is 11.0. The number of aromatic nitrogens is 3. The lowest BCUT2D eigenvalue weighted by Gasteiger charge is -2.18. The number of hydrogen-bond acceptors (Lipinski definition) is 8. The van der Waals surface area contributed by atoms with Crippen molar-refractivity contribution in [3.05, 3.63) is 30.4 Å². The Morgan fingerprint density at radius 3 is 2.62 bits per heavy atom. The van der Waals surface area contributed by atoms with Crippen molar-refractivity contribution in [2.24, 2.45) is 5.92 Å². The molecule has 0 spiro atoms. The fourth-order valence-electron chi connectivity index (χ4n) is 4.02. The molecule has 9 heteroatoms. The topological polar surface area (TPSA) is 97.7 Å². The molecule has 8 nitrogen and oxygen atoms in total. The van der Waals surface area contributed by atoms with E-state index in [1.54, 1.807) is 30.5 Å². The van der Waals surface area contributed by atoms with Crippen molar-refractivity contribution in [3.63, 3.8) is 0 Å². The average Bonchev–Trinajstić information content (AvgIpc) is 3.35. The zero-order valence-electron chi connectivity index (χ0n) is 18.0. The molecule has 0 aliphatic heterocycles. The Morgan fingerprint density at radius 2 is 1.94 bits per heavy atom. The number of ether oxygens (including phenoxy) is 2. The minimum Gasteiger partial charge on any atom is -0.506 e. The van der Waals surface area contributed by atoms with Crippen LogP contribution in [0.2, 0.25) is 0 Å². The fraction of sp³-hybridized carbons (Fsp3) is 0.478. The number of benzene rings is 1. The lowest BCUT2D eigenvalue weighted by Crippen LogP contribution is -2.33. The predicted octanol–water partition coefficient (Wildman–Crippen LogP) is 4.27. The first kappa shape index (κ1) is 21.2. The molecule has 2 heterocycles. The number of phenolic OH excluding ortho intramolecular Hbond substituents is 1. The number of hydrogen-bond donors (Lipinski definition) is 1. The van der Waals surface area contributed by atoms with Gasteiger partial charge in [0.1, 0.15) is 19.1 Å². The van der Waals surface area contributed by atoms with Crippen LogP contribution in [0, 0.1) is 5.92 Å². The molecule has 2 aliphatic carbocycles. The van der Waals surface area contributed by atoms with Gasteiger partial charge in [0.2, 0.25) is 5.91 Å². The highest BCUT2D eigenvalue weighted by atomic mass is 32.1. The van der Waals surface area contributed by atoms with Crippen LogP contribution >= 0.6 is 11.3 Å². The lowest BCUT2D eigenvalue weighted by molar-refractivity contribution is -0.120. The number of carbonyl (C=O) groups is 1. The van der Waals surface area contributed by atoms with Gasteiger partial charge >= 0.3 is 0 Å². The van der Waals surface area contributed by atoms with Gasteiger partial charge in [0.25, 0.3) is 0 Å². The second-order valence-corrected chi connectivity index (χ2v) is 9.35. The third kappa shape index (κ3) is 4.32. The normalized spacial score (nSPS) is 16.7. The first-order chi connectivity index (χ1) is 15.6. The molecular weight excluding hydrogens is 428 g/mol. The SMILES string of the molecule is COCN(C(=O)C1CC1)c1nc2ccc(-c3cnc(COC4CCCC4)nc3)c(O)c2s1. The molecular formula is C23H26N4O4S. The van der Waals surface area contributed by atoms with Crippen LogP contribution in [0.1, 0.15) is 44.3 Å². The number of anilines is 1. The van der Waals surface area contributed by atoms with Gasteiger partial charge in [-0.2, -0.15) is 0 Å². The van der Waals surface area contributed by atoms with E-state index in [-0.39, 0.29) is 24.3 Å². The highest BCUT2D eigenvalue weighted by Gasteiger charge is 2.35. The molecule has 168 valence electrons. The summed E-state index contributed by atoms with van der Waals surface area (Å²) < 4.78 is 11.7. The van der Waals surface area contributed by atoms with Gasteiger partial charge in [0, 0.05) is 36.5 Å². The van der Waals surface area contributed by atoms with Crippen LogP contribution in [0.4, 0.5) is 5.13 Å². The summed E-state index contributed by atoms with van der Waals surface area (Å²) in [5, 5.41) is 11.5. The van der Waals surface area contributed by atoms with Crippen molar-refractivity contribution in [2.75, 3.05) is 18.7 Å². The summed E-state index contributed by atoms with van der Waals surface area (Å²) in [5.41, 5.74) is 1.98. The minimum absolute atomic E-state index is 0.0226. The molecule has 3 aromatic rings. The van der Waals surface area contributed by atoms with Crippen molar-refractivity contribution >= 4 is 32.6 Å². The van der Waals surface area contributed by atoms with Gasteiger partial charge in [-0.15, -0.1) is 0 Å². The maximum atomic E-state index is 12.6. The molecule has 32 heavy (non-hydrogen) atoms. The van der Waals surface area contributed by atoms with Crippen molar-refractivity contribution in [1.82, 2.24) is 15.0 Å². The van der Waals surface area contributed by atoms with Gasteiger partial charge in [0.05, 0.1) is 16.3 Å². The zero-order valence-corrected chi connectivity index (χ0v) is 18.8. The number of nitrogens with zero attached hydrogens (tertiary/aromatic N) is 4. The van der Waals surface area contributed by atoms with Crippen LogP contribution in [0.3, 0.4) is 0 Å². The zero-order chi connectivity index (χ0) is 22.1. The summed E-state index contributed by atoms with van der Waals surface area (Å²) in [5.74, 6) is 0.820. The molecule has 2 aromatic heterocycles. The highest BCUT2D eigenvalue weighted by molar-refractivity contribution is 7.22. The maximum absolute atomic E-state index is 12.6. The standard InChI is InChI=1S/C23H26N4O4S/c1-30-13-27(22(29)14-6-7-14)23-26-18-9-8-17(20(28)21(18)32-23)15-10-24-19(25-11-15)12-31-16-4-2-3-5-16/h8-11,14,16,28H,2-7,12-13H2,1H3. The first-order valence-corrected chi connectivity index (χ1v) is 11.8. The number of rotatable bonds is 8. The molecule has 0 bridgehead atoms. The van der Waals surface area contributed by atoms with Crippen LogP contribution in [-0.4, -0.2) is 45.9 Å². The van der Waals surface area contributed by atoms with E-state index < -0.39 is 0 Å². The van der Waals surface area contributed by atoms with E-state index in [0.29, 0.717) is 45.0 Å². The van der Waals surface area contributed by atoms with E-state index >= 15 is 0 Å². The molecule has 0 atom stereocenters. The number of aromatic hydroxyl groups is 1. The summed E-state index contributed by atoms with van der Waals surface area (Å²) >= 11 is 1.28. The fourth-order valence-corrected chi connectivity index (χ4v) is 5.03. The molecule has 2 aliphatic rings. The predicted molar refractivity (Wildman–Crippen MR) is 121 cm³/mol. The molecule has 2 fully saturated rings.